The number of halogens is 3. The molecule has 2 aliphatic heterocycles. The van der Waals surface area contributed by atoms with Gasteiger partial charge in [-0.05, 0) is 30.0 Å². The number of nitrogens with zero attached hydrogens (tertiary/aromatic N) is 4. The molecule has 3 heterocycles. The molecule has 35 heavy (non-hydrogen) atoms. The Morgan fingerprint density at radius 1 is 1.14 bits per heavy atom. The van der Waals surface area contributed by atoms with Gasteiger partial charge in [-0.15, -0.1) is 0 Å². The highest BCUT2D eigenvalue weighted by atomic mass is 35.5. The average Bonchev–Trinajstić information content (AvgIpc) is 3.39. The minimum Gasteiger partial charge on any atom is -0.381 e. The Morgan fingerprint density at radius 3 is 2.60 bits per heavy atom. The van der Waals surface area contributed by atoms with Gasteiger partial charge < -0.3 is 14.5 Å². The number of hydrogen-bond donors (Lipinski definition) is 0. The number of carbonyl (C=O) groups excluding carboxylic acids is 1. The Kier molecular flexibility index (Phi) is 6.59. The van der Waals surface area contributed by atoms with Crippen LogP contribution in [-0.2, 0) is 9.53 Å². The van der Waals surface area contributed by atoms with Crippen molar-refractivity contribution >= 4 is 34.2 Å². The van der Waals surface area contributed by atoms with Gasteiger partial charge in [-0.25, -0.2) is 18.7 Å². The van der Waals surface area contributed by atoms with Crippen LogP contribution in [0, 0.1) is 17.6 Å². The van der Waals surface area contributed by atoms with E-state index in [1.54, 1.807) is 18.2 Å². The summed E-state index contributed by atoms with van der Waals surface area (Å²) in [6.07, 6.45) is 2.08. The molecule has 0 N–H and O–H groups in total. The van der Waals surface area contributed by atoms with Gasteiger partial charge in [0, 0.05) is 49.3 Å². The van der Waals surface area contributed by atoms with Crippen LogP contribution in [-0.4, -0.2) is 60.2 Å². The number of aromatic nitrogens is 2. The molecule has 2 fully saturated rings. The summed E-state index contributed by atoms with van der Waals surface area (Å²) in [6, 6.07) is 6.33. The van der Waals surface area contributed by atoms with Crippen molar-refractivity contribution in [2.45, 2.75) is 26.2 Å². The third-order valence-corrected chi connectivity index (χ3v) is 7.19. The van der Waals surface area contributed by atoms with E-state index >= 15 is 4.39 Å². The van der Waals surface area contributed by atoms with Crippen LogP contribution in [0.25, 0.3) is 22.0 Å². The first kappa shape index (κ1) is 23.9. The van der Waals surface area contributed by atoms with Crippen molar-refractivity contribution in [2.75, 3.05) is 44.3 Å². The summed E-state index contributed by atoms with van der Waals surface area (Å²) in [5.74, 6) is -0.614. The number of carbonyl (C=O) groups is 1. The number of piperazine rings is 1. The van der Waals surface area contributed by atoms with Crippen molar-refractivity contribution in [3.63, 3.8) is 0 Å². The summed E-state index contributed by atoms with van der Waals surface area (Å²) in [4.78, 5) is 25.2. The molecule has 0 saturated carbocycles. The molecule has 1 amide bonds. The molecule has 5 rings (SSSR count). The van der Waals surface area contributed by atoms with E-state index in [-0.39, 0.29) is 39.4 Å². The van der Waals surface area contributed by atoms with E-state index < -0.39 is 11.6 Å². The van der Waals surface area contributed by atoms with Gasteiger partial charge in [-0.2, -0.15) is 0 Å². The molecule has 2 aromatic carbocycles. The van der Waals surface area contributed by atoms with Gasteiger partial charge >= 0.3 is 0 Å². The molecule has 9 heteroatoms. The van der Waals surface area contributed by atoms with Crippen LogP contribution in [0.3, 0.4) is 0 Å². The fourth-order valence-electron chi connectivity index (χ4n) is 5.01. The molecule has 3 aromatic rings. The Labute approximate surface area is 207 Å². The van der Waals surface area contributed by atoms with E-state index in [1.807, 2.05) is 23.6 Å². The van der Waals surface area contributed by atoms with E-state index in [4.69, 9.17) is 16.3 Å². The highest BCUT2D eigenvalue weighted by molar-refractivity contribution is 6.34. The maximum absolute atomic E-state index is 15.9. The number of anilines is 1. The Hall–Kier alpha value is -2.84. The maximum Gasteiger partial charge on any atom is 0.228 e. The molecule has 0 spiro atoms. The van der Waals surface area contributed by atoms with E-state index in [2.05, 4.69) is 9.97 Å². The van der Waals surface area contributed by atoms with Crippen LogP contribution in [0.1, 0.15) is 31.7 Å². The van der Waals surface area contributed by atoms with Crippen molar-refractivity contribution in [1.29, 1.82) is 0 Å². The van der Waals surface area contributed by atoms with Crippen molar-refractivity contribution < 1.29 is 18.3 Å². The lowest BCUT2D eigenvalue weighted by Gasteiger charge is -2.36. The minimum absolute atomic E-state index is 0.0137. The zero-order valence-electron chi connectivity index (χ0n) is 19.7. The summed E-state index contributed by atoms with van der Waals surface area (Å²) in [5.41, 5.74) is 0.941. The fourth-order valence-corrected chi connectivity index (χ4v) is 5.30. The lowest BCUT2D eigenvalue weighted by Crippen LogP contribution is -2.50. The summed E-state index contributed by atoms with van der Waals surface area (Å²) >= 11 is 6.59. The van der Waals surface area contributed by atoms with E-state index in [1.165, 1.54) is 12.4 Å². The largest absolute Gasteiger partial charge is 0.381 e. The summed E-state index contributed by atoms with van der Waals surface area (Å²) in [5, 5.41) is 0.568. The van der Waals surface area contributed by atoms with Gasteiger partial charge in [-0.3, -0.25) is 4.79 Å². The number of hydrogen-bond acceptors (Lipinski definition) is 5. The molecule has 6 nitrogen and oxygen atoms in total. The average molecular weight is 501 g/mol. The van der Waals surface area contributed by atoms with Gasteiger partial charge in [0.15, 0.2) is 5.82 Å². The monoisotopic (exact) mass is 500 g/mol. The zero-order valence-corrected chi connectivity index (χ0v) is 20.5. The lowest BCUT2D eigenvalue weighted by molar-refractivity contribution is -0.135. The predicted octanol–water partition coefficient (Wildman–Crippen LogP) is 5.04. The standard InChI is InChI=1S/C26H27ClF2N4O2/c1-15(2)17-4-3-5-20(28)21(17)22-19(27)12-18-24(23(22)29)30-14-31-25(18)32-7-9-33(10-8-32)26(34)16-6-11-35-13-16/h3-5,12,14-16H,6-11,13H2,1-2H3. The molecular formula is C26H27ClF2N4O2. The predicted molar refractivity (Wildman–Crippen MR) is 132 cm³/mol. The van der Waals surface area contributed by atoms with E-state index in [0.29, 0.717) is 56.2 Å². The molecule has 2 saturated heterocycles. The number of rotatable bonds is 4. The third kappa shape index (κ3) is 4.34. The summed E-state index contributed by atoms with van der Waals surface area (Å²) in [6.45, 7) is 7.16. The number of benzene rings is 2. The van der Waals surface area contributed by atoms with Crippen LogP contribution in [0.5, 0.6) is 0 Å². The second kappa shape index (κ2) is 9.66. The smallest absolute Gasteiger partial charge is 0.228 e. The molecule has 1 unspecified atom stereocenters. The van der Waals surface area contributed by atoms with Crippen LogP contribution >= 0.6 is 11.6 Å². The second-order valence-electron chi connectivity index (χ2n) is 9.37. The molecule has 2 aliphatic rings. The summed E-state index contributed by atoms with van der Waals surface area (Å²) in [7, 11) is 0. The highest BCUT2D eigenvalue weighted by Crippen LogP contribution is 2.41. The van der Waals surface area contributed by atoms with Crippen molar-refractivity contribution in [1.82, 2.24) is 14.9 Å². The first-order valence-corrected chi connectivity index (χ1v) is 12.3. The molecule has 0 aliphatic carbocycles. The quantitative estimate of drug-likeness (QED) is 0.502. The van der Waals surface area contributed by atoms with Crippen LogP contribution < -0.4 is 4.90 Å². The topological polar surface area (TPSA) is 58.6 Å². The van der Waals surface area contributed by atoms with Crippen molar-refractivity contribution in [2.24, 2.45) is 5.92 Å². The maximum atomic E-state index is 15.9. The first-order valence-electron chi connectivity index (χ1n) is 11.9. The fraction of sp³-hybridized carbons (Fsp3) is 0.423. The molecular weight excluding hydrogens is 474 g/mol. The molecule has 0 bridgehead atoms. The minimum atomic E-state index is -0.668. The van der Waals surface area contributed by atoms with Crippen LogP contribution in [0.4, 0.5) is 14.6 Å². The summed E-state index contributed by atoms with van der Waals surface area (Å²) < 4.78 is 36.2. The van der Waals surface area contributed by atoms with Gasteiger partial charge in [0.2, 0.25) is 5.91 Å². The highest BCUT2D eigenvalue weighted by Gasteiger charge is 2.31. The Balaban J connectivity index is 1.49. The Morgan fingerprint density at radius 2 is 1.91 bits per heavy atom. The van der Waals surface area contributed by atoms with Crippen molar-refractivity contribution in [3.05, 3.63) is 52.8 Å². The van der Waals surface area contributed by atoms with E-state index in [9.17, 15) is 9.18 Å². The molecule has 184 valence electrons. The SMILES string of the molecule is CC(C)c1cccc(F)c1-c1c(Cl)cc2c(N3CCN(C(=O)C4CCOC4)CC3)ncnc2c1F. The molecule has 1 aromatic heterocycles. The van der Waals surface area contributed by atoms with Gasteiger partial charge in [0.25, 0.3) is 0 Å². The van der Waals surface area contributed by atoms with Gasteiger partial charge in [0.05, 0.1) is 17.5 Å². The first-order chi connectivity index (χ1) is 16.9. The number of fused-ring (bicyclic) bond motifs is 1. The lowest BCUT2D eigenvalue weighted by atomic mass is 9.91. The molecule has 0 radical (unpaired) electrons. The van der Waals surface area contributed by atoms with Crippen LogP contribution in [0.15, 0.2) is 30.6 Å². The second-order valence-corrected chi connectivity index (χ2v) is 9.78. The third-order valence-electron chi connectivity index (χ3n) is 6.89. The van der Waals surface area contributed by atoms with E-state index in [0.717, 1.165) is 6.42 Å². The normalized spacial score (nSPS) is 18.6. The van der Waals surface area contributed by atoms with Gasteiger partial charge in [-0.1, -0.05) is 37.6 Å². The number of ether oxygens (including phenoxy) is 1. The number of amides is 1. The van der Waals surface area contributed by atoms with Crippen LogP contribution in [0.2, 0.25) is 5.02 Å². The Bertz CT molecular complexity index is 1270. The van der Waals surface area contributed by atoms with Crippen molar-refractivity contribution in [3.8, 4) is 11.1 Å². The van der Waals surface area contributed by atoms with Gasteiger partial charge in [0.1, 0.15) is 23.5 Å². The molecule has 1 atom stereocenters. The zero-order chi connectivity index (χ0) is 24.7.